The van der Waals surface area contributed by atoms with Gasteiger partial charge >= 0.3 is 0 Å². The van der Waals surface area contributed by atoms with Crippen molar-refractivity contribution in [1.29, 1.82) is 0 Å². The Hall–Kier alpha value is -1.68. The van der Waals surface area contributed by atoms with Gasteiger partial charge in [0.2, 0.25) is 0 Å². The molecule has 2 aromatic rings. The molecule has 2 heterocycles. The molecule has 1 N–H and O–H groups in total. The minimum atomic E-state index is 0.689. The first-order valence-electron chi connectivity index (χ1n) is 7.08. The number of pyridine rings is 1. The van der Waals surface area contributed by atoms with Crippen LogP contribution in [0.2, 0.25) is 0 Å². The largest absolute Gasteiger partial charge is 0.313 e. The summed E-state index contributed by atoms with van der Waals surface area (Å²) >= 11 is 0. The maximum Gasteiger partial charge on any atom is 0.0679 e. The molecule has 4 heteroatoms. The van der Waals surface area contributed by atoms with Gasteiger partial charge in [-0.25, -0.2) is 4.68 Å². The predicted octanol–water partition coefficient (Wildman–Crippen LogP) is 2.64. The molecule has 3 rings (SSSR count). The van der Waals surface area contributed by atoms with E-state index in [0.29, 0.717) is 5.92 Å². The van der Waals surface area contributed by atoms with Crippen LogP contribution in [0, 0.1) is 0 Å². The number of rotatable bonds is 6. The van der Waals surface area contributed by atoms with Gasteiger partial charge in [-0.2, -0.15) is 5.10 Å². The van der Waals surface area contributed by atoms with Crippen LogP contribution in [0.4, 0.5) is 0 Å². The van der Waals surface area contributed by atoms with E-state index >= 15 is 0 Å². The number of aromatic nitrogens is 3. The van der Waals surface area contributed by atoms with Gasteiger partial charge in [-0.3, -0.25) is 4.98 Å². The number of hydrogen-bond donors (Lipinski definition) is 1. The summed E-state index contributed by atoms with van der Waals surface area (Å²) in [6, 6.07) is 4.03. The van der Waals surface area contributed by atoms with Crippen molar-refractivity contribution < 1.29 is 0 Å². The van der Waals surface area contributed by atoms with E-state index in [2.05, 4.69) is 27.0 Å². The summed E-state index contributed by atoms with van der Waals surface area (Å²) in [5, 5.41) is 8.05. The molecular formula is C15H20N4. The first-order valence-corrected chi connectivity index (χ1v) is 7.08. The molecule has 0 spiro atoms. The molecule has 100 valence electrons. The highest BCUT2D eigenvalue weighted by atomic mass is 15.3. The molecule has 0 bridgehead atoms. The maximum atomic E-state index is 4.58. The van der Waals surface area contributed by atoms with Crippen molar-refractivity contribution >= 4 is 0 Å². The van der Waals surface area contributed by atoms with Gasteiger partial charge in [-0.1, -0.05) is 6.92 Å². The molecule has 1 fully saturated rings. The molecule has 2 aromatic heterocycles. The molecule has 19 heavy (non-hydrogen) atoms. The zero-order valence-electron chi connectivity index (χ0n) is 11.3. The Bertz CT molecular complexity index is 528. The summed E-state index contributed by atoms with van der Waals surface area (Å²) in [6.07, 6.45) is 9.40. The molecule has 0 aliphatic heterocycles. The highest BCUT2D eigenvalue weighted by molar-refractivity contribution is 5.36. The Morgan fingerprint density at radius 2 is 2.11 bits per heavy atom. The number of nitrogens with zero attached hydrogens (tertiary/aromatic N) is 3. The van der Waals surface area contributed by atoms with E-state index in [1.165, 1.54) is 24.1 Å². The first-order chi connectivity index (χ1) is 9.40. The second-order valence-electron chi connectivity index (χ2n) is 5.12. The number of nitrogens with one attached hydrogen (secondary N) is 1. The molecule has 0 aromatic carbocycles. The predicted molar refractivity (Wildman–Crippen MR) is 75.3 cm³/mol. The fraction of sp³-hybridized carbons (Fsp3) is 0.467. The van der Waals surface area contributed by atoms with E-state index in [9.17, 15) is 0 Å². The SMILES string of the molecule is CCCNCc1cnn(-c2ccncc2)c1C1CC1. The molecule has 0 atom stereocenters. The van der Waals surface area contributed by atoms with E-state index in [1.807, 2.05) is 30.7 Å². The lowest BCUT2D eigenvalue weighted by atomic mass is 10.1. The van der Waals surface area contributed by atoms with Crippen molar-refractivity contribution in [2.45, 2.75) is 38.6 Å². The highest BCUT2D eigenvalue weighted by Gasteiger charge is 2.30. The molecule has 1 aliphatic rings. The Morgan fingerprint density at radius 3 is 2.79 bits per heavy atom. The Balaban J connectivity index is 1.88. The molecule has 0 radical (unpaired) electrons. The Morgan fingerprint density at radius 1 is 1.32 bits per heavy atom. The van der Waals surface area contributed by atoms with Crippen LogP contribution in [0.15, 0.2) is 30.7 Å². The van der Waals surface area contributed by atoms with Crippen molar-refractivity contribution in [3.05, 3.63) is 42.0 Å². The summed E-state index contributed by atoms with van der Waals surface area (Å²) in [6.45, 7) is 4.17. The zero-order valence-corrected chi connectivity index (χ0v) is 11.3. The molecule has 0 unspecified atom stereocenters. The van der Waals surface area contributed by atoms with Gasteiger partial charge in [0.15, 0.2) is 0 Å². The fourth-order valence-electron chi connectivity index (χ4n) is 2.41. The third-order valence-corrected chi connectivity index (χ3v) is 3.50. The average Bonchev–Trinajstić information content (AvgIpc) is 3.21. The van der Waals surface area contributed by atoms with Gasteiger partial charge < -0.3 is 5.32 Å². The van der Waals surface area contributed by atoms with Crippen LogP contribution in [-0.2, 0) is 6.54 Å². The third-order valence-electron chi connectivity index (χ3n) is 3.50. The van der Waals surface area contributed by atoms with Gasteiger partial charge in [0.25, 0.3) is 0 Å². The second kappa shape index (κ2) is 5.53. The summed E-state index contributed by atoms with van der Waals surface area (Å²) in [5.41, 5.74) is 3.83. The van der Waals surface area contributed by atoms with Crippen molar-refractivity contribution in [3.63, 3.8) is 0 Å². The van der Waals surface area contributed by atoms with Crippen LogP contribution in [-0.4, -0.2) is 21.3 Å². The van der Waals surface area contributed by atoms with E-state index in [0.717, 1.165) is 25.2 Å². The smallest absolute Gasteiger partial charge is 0.0679 e. The van der Waals surface area contributed by atoms with Crippen LogP contribution in [0.1, 0.15) is 43.4 Å². The van der Waals surface area contributed by atoms with Gasteiger partial charge in [-0.05, 0) is 37.9 Å². The van der Waals surface area contributed by atoms with Crippen LogP contribution >= 0.6 is 0 Å². The van der Waals surface area contributed by atoms with Crippen LogP contribution in [0.5, 0.6) is 0 Å². The number of hydrogen-bond acceptors (Lipinski definition) is 3. The molecule has 0 amide bonds. The van der Waals surface area contributed by atoms with Gasteiger partial charge in [0.05, 0.1) is 17.6 Å². The second-order valence-corrected chi connectivity index (χ2v) is 5.12. The summed E-state index contributed by atoms with van der Waals surface area (Å²) in [7, 11) is 0. The standard InChI is InChI=1S/C15H20N4/c1-2-7-17-10-13-11-18-19(15(13)12-3-4-12)14-5-8-16-9-6-14/h5-6,8-9,11-12,17H,2-4,7,10H2,1H3. The lowest BCUT2D eigenvalue weighted by Crippen LogP contribution is -2.15. The quantitative estimate of drug-likeness (QED) is 0.808. The van der Waals surface area contributed by atoms with E-state index in [-0.39, 0.29) is 0 Å². The monoisotopic (exact) mass is 256 g/mol. The minimum Gasteiger partial charge on any atom is -0.313 e. The van der Waals surface area contributed by atoms with E-state index in [4.69, 9.17) is 0 Å². The Labute approximate surface area is 113 Å². The van der Waals surface area contributed by atoms with Crippen LogP contribution in [0.3, 0.4) is 0 Å². The highest BCUT2D eigenvalue weighted by Crippen LogP contribution is 2.42. The molecule has 0 saturated heterocycles. The lowest BCUT2D eigenvalue weighted by Gasteiger charge is -2.09. The molecular weight excluding hydrogens is 236 g/mol. The third kappa shape index (κ3) is 2.68. The van der Waals surface area contributed by atoms with Gasteiger partial charge in [0, 0.05) is 30.4 Å². The van der Waals surface area contributed by atoms with Gasteiger partial charge in [0.1, 0.15) is 0 Å². The maximum absolute atomic E-state index is 4.58. The van der Waals surface area contributed by atoms with Crippen molar-refractivity contribution in [2.24, 2.45) is 0 Å². The molecule has 1 aliphatic carbocycles. The molecule has 1 saturated carbocycles. The van der Waals surface area contributed by atoms with E-state index < -0.39 is 0 Å². The summed E-state index contributed by atoms with van der Waals surface area (Å²) < 4.78 is 2.09. The van der Waals surface area contributed by atoms with Gasteiger partial charge in [-0.15, -0.1) is 0 Å². The van der Waals surface area contributed by atoms with Crippen molar-refractivity contribution in [2.75, 3.05) is 6.54 Å². The van der Waals surface area contributed by atoms with Crippen molar-refractivity contribution in [1.82, 2.24) is 20.1 Å². The summed E-state index contributed by atoms with van der Waals surface area (Å²) in [4.78, 5) is 4.08. The van der Waals surface area contributed by atoms with Crippen molar-refractivity contribution in [3.8, 4) is 5.69 Å². The Kier molecular flexibility index (Phi) is 3.60. The normalized spacial score (nSPS) is 14.8. The minimum absolute atomic E-state index is 0.689. The van der Waals surface area contributed by atoms with Crippen LogP contribution < -0.4 is 5.32 Å². The van der Waals surface area contributed by atoms with E-state index in [1.54, 1.807) is 0 Å². The first kappa shape index (κ1) is 12.4. The van der Waals surface area contributed by atoms with Crippen LogP contribution in [0.25, 0.3) is 5.69 Å². The zero-order chi connectivity index (χ0) is 13.1. The fourth-order valence-corrected chi connectivity index (χ4v) is 2.41. The summed E-state index contributed by atoms with van der Waals surface area (Å²) in [5.74, 6) is 0.689. The molecule has 4 nitrogen and oxygen atoms in total. The topological polar surface area (TPSA) is 42.7 Å². The lowest BCUT2D eigenvalue weighted by molar-refractivity contribution is 0.669. The average molecular weight is 256 g/mol.